The van der Waals surface area contributed by atoms with Crippen LogP contribution in [0.5, 0.6) is 0 Å². The van der Waals surface area contributed by atoms with Crippen LogP contribution in [0.25, 0.3) is 0 Å². The second-order valence-corrected chi connectivity index (χ2v) is 8.54. The average Bonchev–Trinajstić information content (AvgIpc) is 2.70. The molecule has 29 heavy (non-hydrogen) atoms. The van der Waals surface area contributed by atoms with Gasteiger partial charge in [0.25, 0.3) is 15.9 Å². The van der Waals surface area contributed by atoms with Crippen molar-refractivity contribution in [1.82, 2.24) is 4.90 Å². The molecule has 0 radical (unpaired) electrons. The van der Waals surface area contributed by atoms with E-state index in [0.29, 0.717) is 22.8 Å². The van der Waals surface area contributed by atoms with Gasteiger partial charge in [0.15, 0.2) is 0 Å². The van der Waals surface area contributed by atoms with Gasteiger partial charge in [-0.2, -0.15) is 0 Å². The number of sulfonamides is 1. The Balaban J connectivity index is 1.68. The average molecular weight is 433 g/mol. The Morgan fingerprint density at radius 3 is 2.14 bits per heavy atom. The minimum atomic E-state index is -3.85. The summed E-state index contributed by atoms with van der Waals surface area (Å²) in [6, 6.07) is 17.8. The molecule has 1 amide bonds. The summed E-state index contributed by atoms with van der Waals surface area (Å²) in [5.74, 6) is -0.720. The molecular weight excluding hydrogens is 415 g/mol. The van der Waals surface area contributed by atoms with E-state index in [4.69, 9.17) is 11.6 Å². The normalized spacial score (nSPS) is 11.1. The number of hydrogen-bond acceptors (Lipinski definition) is 3. The van der Waals surface area contributed by atoms with Crippen LogP contribution in [0.3, 0.4) is 0 Å². The Bertz CT molecular complexity index is 1100. The minimum absolute atomic E-state index is 0.0539. The van der Waals surface area contributed by atoms with Gasteiger partial charge in [-0.25, -0.2) is 12.8 Å². The van der Waals surface area contributed by atoms with Crippen molar-refractivity contribution in [2.24, 2.45) is 0 Å². The van der Waals surface area contributed by atoms with E-state index >= 15 is 0 Å². The fourth-order valence-corrected chi connectivity index (χ4v) is 3.85. The third-order valence-corrected chi connectivity index (χ3v) is 5.84. The standard InChI is InChI=1S/C21H18ClFN2O3S/c1-25(14-15-2-6-17(22)7-3-15)21(26)16-4-10-19(11-5-16)24-29(27,28)20-12-8-18(23)9-13-20/h2-13,24H,14H2,1H3. The molecule has 5 nitrogen and oxygen atoms in total. The predicted octanol–water partition coefficient (Wildman–Crippen LogP) is 4.55. The summed E-state index contributed by atoms with van der Waals surface area (Å²) in [7, 11) is -2.16. The maximum Gasteiger partial charge on any atom is 0.261 e. The van der Waals surface area contributed by atoms with Gasteiger partial charge in [0, 0.05) is 29.9 Å². The molecule has 0 aliphatic carbocycles. The van der Waals surface area contributed by atoms with Crippen molar-refractivity contribution < 1.29 is 17.6 Å². The zero-order valence-electron chi connectivity index (χ0n) is 15.5. The minimum Gasteiger partial charge on any atom is -0.337 e. The van der Waals surface area contributed by atoms with Crippen LogP contribution in [0, 0.1) is 5.82 Å². The van der Waals surface area contributed by atoms with Crippen molar-refractivity contribution in [2.45, 2.75) is 11.4 Å². The molecule has 0 aromatic heterocycles. The molecule has 0 saturated heterocycles. The van der Waals surface area contributed by atoms with E-state index in [-0.39, 0.29) is 10.8 Å². The van der Waals surface area contributed by atoms with Gasteiger partial charge in [-0.1, -0.05) is 23.7 Å². The number of carbonyl (C=O) groups is 1. The van der Waals surface area contributed by atoms with E-state index < -0.39 is 15.8 Å². The van der Waals surface area contributed by atoms with Crippen molar-refractivity contribution in [1.29, 1.82) is 0 Å². The number of carbonyl (C=O) groups excluding carboxylic acids is 1. The topological polar surface area (TPSA) is 66.5 Å². The third kappa shape index (κ3) is 5.34. The summed E-state index contributed by atoms with van der Waals surface area (Å²) in [5.41, 5.74) is 1.66. The molecule has 3 aromatic carbocycles. The van der Waals surface area contributed by atoms with E-state index in [2.05, 4.69) is 4.72 Å². The Morgan fingerprint density at radius 1 is 0.966 bits per heavy atom. The lowest BCUT2D eigenvalue weighted by atomic mass is 10.1. The van der Waals surface area contributed by atoms with E-state index in [0.717, 1.165) is 17.7 Å². The molecule has 0 spiro atoms. The molecule has 1 N–H and O–H groups in total. The smallest absolute Gasteiger partial charge is 0.261 e. The number of amides is 1. The molecule has 0 saturated carbocycles. The van der Waals surface area contributed by atoms with Crippen LogP contribution < -0.4 is 4.72 Å². The maximum atomic E-state index is 13.0. The van der Waals surface area contributed by atoms with Crippen molar-refractivity contribution in [2.75, 3.05) is 11.8 Å². The molecule has 150 valence electrons. The van der Waals surface area contributed by atoms with Crippen molar-refractivity contribution in [3.8, 4) is 0 Å². The number of nitrogens with zero attached hydrogens (tertiary/aromatic N) is 1. The second kappa shape index (κ2) is 8.63. The summed E-state index contributed by atoms with van der Waals surface area (Å²) >= 11 is 5.87. The molecular formula is C21H18ClFN2O3S. The van der Waals surface area contributed by atoms with Crippen LogP contribution in [-0.4, -0.2) is 26.3 Å². The van der Waals surface area contributed by atoms with E-state index in [1.54, 1.807) is 36.2 Å². The van der Waals surface area contributed by atoms with Gasteiger partial charge >= 0.3 is 0 Å². The summed E-state index contributed by atoms with van der Waals surface area (Å²) < 4.78 is 40.1. The Kier molecular flexibility index (Phi) is 6.20. The highest BCUT2D eigenvalue weighted by Gasteiger charge is 2.16. The second-order valence-electron chi connectivity index (χ2n) is 6.42. The first-order valence-corrected chi connectivity index (χ1v) is 10.5. The van der Waals surface area contributed by atoms with Gasteiger partial charge in [-0.05, 0) is 66.2 Å². The molecule has 8 heteroatoms. The van der Waals surface area contributed by atoms with Crippen LogP contribution in [0.2, 0.25) is 5.02 Å². The van der Waals surface area contributed by atoms with Gasteiger partial charge in [-0.15, -0.1) is 0 Å². The lowest BCUT2D eigenvalue weighted by Crippen LogP contribution is -2.26. The molecule has 0 aliphatic rings. The Hall–Kier alpha value is -2.90. The number of benzene rings is 3. The molecule has 3 aromatic rings. The van der Waals surface area contributed by atoms with E-state index in [9.17, 15) is 17.6 Å². The zero-order chi connectivity index (χ0) is 21.0. The molecule has 0 unspecified atom stereocenters. The van der Waals surface area contributed by atoms with Crippen molar-refractivity contribution in [3.05, 3.63) is 94.8 Å². The molecule has 0 atom stereocenters. The quantitative estimate of drug-likeness (QED) is 0.621. The first kappa shape index (κ1) is 20.8. The summed E-state index contributed by atoms with van der Waals surface area (Å²) in [5, 5.41) is 0.626. The Morgan fingerprint density at radius 2 is 1.55 bits per heavy atom. The lowest BCUT2D eigenvalue weighted by Gasteiger charge is -2.18. The number of rotatable bonds is 6. The Labute approximate surface area is 173 Å². The molecule has 0 bridgehead atoms. The van der Waals surface area contributed by atoms with Crippen LogP contribution in [0.4, 0.5) is 10.1 Å². The largest absolute Gasteiger partial charge is 0.337 e. The van der Waals surface area contributed by atoms with Gasteiger partial charge in [-0.3, -0.25) is 9.52 Å². The highest BCUT2D eigenvalue weighted by Crippen LogP contribution is 2.18. The fraction of sp³-hybridized carbons (Fsp3) is 0.0952. The van der Waals surface area contributed by atoms with Crippen molar-refractivity contribution >= 4 is 33.2 Å². The predicted molar refractivity (Wildman–Crippen MR) is 111 cm³/mol. The number of hydrogen-bond donors (Lipinski definition) is 1. The molecule has 0 heterocycles. The first-order chi connectivity index (χ1) is 13.7. The third-order valence-electron chi connectivity index (χ3n) is 4.19. The van der Waals surface area contributed by atoms with Gasteiger partial charge in [0.05, 0.1) is 4.90 Å². The number of nitrogens with one attached hydrogen (secondary N) is 1. The lowest BCUT2D eigenvalue weighted by molar-refractivity contribution is 0.0785. The van der Waals surface area contributed by atoms with E-state index in [1.807, 2.05) is 12.1 Å². The summed E-state index contributed by atoms with van der Waals surface area (Å²) in [6.07, 6.45) is 0. The van der Waals surface area contributed by atoms with Gasteiger partial charge in [0.2, 0.25) is 0 Å². The van der Waals surface area contributed by atoms with Gasteiger partial charge < -0.3 is 4.90 Å². The first-order valence-electron chi connectivity index (χ1n) is 8.63. The van der Waals surface area contributed by atoms with Crippen LogP contribution in [-0.2, 0) is 16.6 Å². The zero-order valence-corrected chi connectivity index (χ0v) is 17.0. The van der Waals surface area contributed by atoms with Gasteiger partial charge in [0.1, 0.15) is 5.82 Å². The SMILES string of the molecule is CN(Cc1ccc(Cl)cc1)C(=O)c1ccc(NS(=O)(=O)c2ccc(F)cc2)cc1. The number of anilines is 1. The van der Waals surface area contributed by atoms with Crippen LogP contribution in [0.1, 0.15) is 15.9 Å². The summed E-state index contributed by atoms with van der Waals surface area (Å²) in [6.45, 7) is 0.412. The highest BCUT2D eigenvalue weighted by atomic mass is 35.5. The van der Waals surface area contributed by atoms with E-state index in [1.165, 1.54) is 24.3 Å². The maximum absolute atomic E-state index is 13.0. The van der Waals surface area contributed by atoms with Crippen molar-refractivity contribution in [3.63, 3.8) is 0 Å². The number of halogens is 2. The summed E-state index contributed by atoms with van der Waals surface area (Å²) in [4.78, 5) is 14.1. The fourth-order valence-electron chi connectivity index (χ4n) is 2.66. The highest BCUT2D eigenvalue weighted by molar-refractivity contribution is 7.92. The molecule has 3 rings (SSSR count). The molecule has 0 aliphatic heterocycles. The monoisotopic (exact) mass is 432 g/mol. The van der Waals surface area contributed by atoms with Crippen LogP contribution in [0.15, 0.2) is 77.7 Å². The molecule has 0 fully saturated rings. The van der Waals surface area contributed by atoms with Crippen LogP contribution >= 0.6 is 11.6 Å².